The van der Waals surface area contributed by atoms with Gasteiger partial charge in [-0.1, -0.05) is 19.9 Å². The molecule has 4 aromatic rings. The zero-order valence-electron chi connectivity index (χ0n) is 17.2. The minimum Gasteiger partial charge on any atom is -0.439 e. The lowest BCUT2D eigenvalue weighted by atomic mass is 10.1. The van der Waals surface area contributed by atoms with E-state index in [2.05, 4.69) is 19.7 Å². The first-order valence-corrected chi connectivity index (χ1v) is 10.3. The van der Waals surface area contributed by atoms with Crippen LogP contribution < -0.4 is 15.8 Å². The molecule has 0 spiro atoms. The number of hydrogen-bond acceptors (Lipinski definition) is 6. The Balaban J connectivity index is 0.00000106. The van der Waals surface area contributed by atoms with Gasteiger partial charge in [0, 0.05) is 30.2 Å². The number of fused-ring (bicyclic) bond motifs is 1. The first-order valence-electron chi connectivity index (χ1n) is 10.3. The quantitative estimate of drug-likeness (QED) is 0.518. The van der Waals surface area contributed by atoms with Crippen molar-refractivity contribution in [3.63, 3.8) is 0 Å². The fourth-order valence-electron chi connectivity index (χ4n) is 3.65. The minimum absolute atomic E-state index is 0.231. The van der Waals surface area contributed by atoms with Crippen molar-refractivity contribution < 1.29 is 4.74 Å². The van der Waals surface area contributed by atoms with Crippen LogP contribution in [0.25, 0.3) is 16.8 Å². The molecule has 1 aliphatic rings. The summed E-state index contributed by atoms with van der Waals surface area (Å²) in [6.45, 7) is 5.01. The summed E-state index contributed by atoms with van der Waals surface area (Å²) in [7, 11) is 0. The lowest BCUT2D eigenvalue weighted by Gasteiger charge is -2.08. The van der Waals surface area contributed by atoms with Gasteiger partial charge in [0.1, 0.15) is 28.6 Å². The molecule has 4 heterocycles. The van der Waals surface area contributed by atoms with E-state index >= 15 is 0 Å². The molecule has 0 bridgehead atoms. The van der Waals surface area contributed by atoms with Gasteiger partial charge in [-0.25, -0.2) is 15.0 Å². The third-order valence-corrected chi connectivity index (χ3v) is 4.97. The summed E-state index contributed by atoms with van der Waals surface area (Å²) in [6, 6.07) is 13.6. The first-order chi connectivity index (χ1) is 14.8. The molecule has 154 valence electrons. The summed E-state index contributed by atoms with van der Waals surface area (Å²) in [5.74, 6) is 2.73. The highest BCUT2D eigenvalue weighted by Crippen LogP contribution is 2.33. The molecular formula is C23H26N6O. The van der Waals surface area contributed by atoms with Gasteiger partial charge in [-0.3, -0.25) is 4.40 Å². The zero-order valence-corrected chi connectivity index (χ0v) is 17.2. The van der Waals surface area contributed by atoms with Crippen LogP contribution in [0.2, 0.25) is 0 Å². The molecule has 0 saturated carbocycles. The van der Waals surface area contributed by atoms with Crippen molar-refractivity contribution >= 4 is 11.3 Å². The Bertz CT molecular complexity index is 1100. The van der Waals surface area contributed by atoms with E-state index in [0.717, 1.165) is 47.7 Å². The number of nitrogens with one attached hydrogen (secondary N) is 1. The highest BCUT2D eigenvalue weighted by Gasteiger charge is 2.24. The van der Waals surface area contributed by atoms with Gasteiger partial charge in [0.25, 0.3) is 0 Å². The van der Waals surface area contributed by atoms with E-state index in [4.69, 9.17) is 15.5 Å². The fraction of sp³-hybridized carbons (Fsp3) is 0.261. The molecule has 3 aromatic heterocycles. The van der Waals surface area contributed by atoms with Crippen molar-refractivity contribution in [2.24, 2.45) is 0 Å². The molecule has 1 aliphatic heterocycles. The molecule has 1 fully saturated rings. The second kappa shape index (κ2) is 8.92. The maximum atomic E-state index is 6.21. The predicted molar refractivity (Wildman–Crippen MR) is 118 cm³/mol. The third-order valence-electron chi connectivity index (χ3n) is 4.97. The number of rotatable bonds is 4. The van der Waals surface area contributed by atoms with Gasteiger partial charge in [0.15, 0.2) is 0 Å². The molecular weight excluding hydrogens is 376 g/mol. The normalized spacial score (nSPS) is 15.6. The van der Waals surface area contributed by atoms with Gasteiger partial charge in [0.2, 0.25) is 5.88 Å². The van der Waals surface area contributed by atoms with E-state index in [-0.39, 0.29) is 6.04 Å². The molecule has 30 heavy (non-hydrogen) atoms. The summed E-state index contributed by atoms with van der Waals surface area (Å²) in [5, 5.41) is 3.51. The van der Waals surface area contributed by atoms with Crippen molar-refractivity contribution in [1.82, 2.24) is 24.7 Å². The zero-order chi connectivity index (χ0) is 20.9. The van der Waals surface area contributed by atoms with Crippen LogP contribution in [0.5, 0.6) is 11.6 Å². The molecule has 7 heteroatoms. The number of hydrogen-bond donors (Lipinski definition) is 2. The van der Waals surface area contributed by atoms with Gasteiger partial charge in [0.05, 0.1) is 6.04 Å². The number of ether oxygens (including phenoxy) is 1. The van der Waals surface area contributed by atoms with E-state index in [1.54, 1.807) is 12.4 Å². The molecule has 0 aliphatic carbocycles. The molecule has 1 aromatic carbocycles. The lowest BCUT2D eigenvalue weighted by Crippen LogP contribution is -2.15. The molecule has 3 N–H and O–H groups in total. The lowest BCUT2D eigenvalue weighted by molar-refractivity contribution is 0.463. The number of aromatic nitrogens is 4. The fourth-order valence-corrected chi connectivity index (χ4v) is 3.65. The minimum atomic E-state index is 0.231. The number of nitrogens with two attached hydrogens (primary N) is 1. The summed E-state index contributed by atoms with van der Waals surface area (Å²) < 4.78 is 7.84. The van der Waals surface area contributed by atoms with E-state index in [1.165, 1.54) is 0 Å². The molecule has 1 unspecified atom stereocenters. The predicted octanol–water partition coefficient (Wildman–Crippen LogP) is 4.62. The van der Waals surface area contributed by atoms with Gasteiger partial charge in [-0.05, 0) is 49.7 Å². The van der Waals surface area contributed by atoms with Crippen LogP contribution in [0.3, 0.4) is 0 Å². The standard InChI is InChI=1S/C21H20N6O.C2H6/c22-20-19-18(26-21(16-4-3-11-23-16)27(19)13-12-25-20)14-6-8-15(9-7-14)28-17-5-1-2-10-24-17;1-2/h1-2,5-10,12-13,16,23H,3-4,11H2,(H2,22,25);1-2H3. The summed E-state index contributed by atoms with van der Waals surface area (Å²) in [5.41, 5.74) is 8.85. The Hall–Kier alpha value is -3.45. The Morgan fingerprint density at radius 3 is 2.60 bits per heavy atom. The number of benzene rings is 1. The van der Waals surface area contributed by atoms with Crippen molar-refractivity contribution in [1.29, 1.82) is 0 Å². The van der Waals surface area contributed by atoms with Crippen LogP contribution >= 0.6 is 0 Å². The Morgan fingerprint density at radius 1 is 1.07 bits per heavy atom. The number of nitrogen functional groups attached to an aromatic ring is 1. The molecule has 0 amide bonds. The number of imidazole rings is 1. The van der Waals surface area contributed by atoms with E-state index in [9.17, 15) is 0 Å². The van der Waals surface area contributed by atoms with E-state index < -0.39 is 0 Å². The molecule has 7 nitrogen and oxygen atoms in total. The maximum absolute atomic E-state index is 6.21. The van der Waals surface area contributed by atoms with Crippen LogP contribution in [0.1, 0.15) is 38.6 Å². The summed E-state index contributed by atoms with van der Waals surface area (Å²) in [6.07, 6.45) is 7.56. The SMILES string of the molecule is CC.Nc1nccn2c(C3CCCN3)nc(-c3ccc(Oc4ccccn4)cc3)c12. The number of pyridine rings is 1. The average molecular weight is 403 g/mol. The number of nitrogens with zero attached hydrogens (tertiary/aromatic N) is 4. The van der Waals surface area contributed by atoms with Crippen molar-refractivity contribution in [3.05, 3.63) is 66.9 Å². The molecule has 5 rings (SSSR count). The average Bonchev–Trinajstić information content (AvgIpc) is 3.45. The second-order valence-corrected chi connectivity index (χ2v) is 6.79. The van der Waals surface area contributed by atoms with Crippen LogP contribution in [0.15, 0.2) is 61.1 Å². The summed E-state index contributed by atoms with van der Waals surface area (Å²) in [4.78, 5) is 13.4. The Labute approximate surface area is 176 Å². The first kappa shape index (κ1) is 19.8. The molecule has 1 saturated heterocycles. The second-order valence-electron chi connectivity index (χ2n) is 6.79. The maximum Gasteiger partial charge on any atom is 0.219 e. The van der Waals surface area contributed by atoms with Gasteiger partial charge >= 0.3 is 0 Å². The highest BCUT2D eigenvalue weighted by molar-refractivity contribution is 5.85. The van der Waals surface area contributed by atoms with Crippen LogP contribution in [0.4, 0.5) is 5.82 Å². The topological polar surface area (TPSA) is 90.4 Å². The van der Waals surface area contributed by atoms with Crippen molar-refractivity contribution in [2.45, 2.75) is 32.7 Å². The van der Waals surface area contributed by atoms with Gasteiger partial charge in [-0.15, -0.1) is 0 Å². The van der Waals surface area contributed by atoms with E-state index in [0.29, 0.717) is 11.7 Å². The smallest absolute Gasteiger partial charge is 0.219 e. The largest absolute Gasteiger partial charge is 0.439 e. The third kappa shape index (κ3) is 3.84. The molecule has 1 atom stereocenters. The highest BCUT2D eigenvalue weighted by atomic mass is 16.5. The Morgan fingerprint density at radius 2 is 1.90 bits per heavy atom. The van der Waals surface area contributed by atoms with Gasteiger partial charge < -0.3 is 15.8 Å². The monoisotopic (exact) mass is 402 g/mol. The molecule has 0 radical (unpaired) electrons. The van der Waals surface area contributed by atoms with Crippen molar-refractivity contribution in [3.8, 4) is 22.9 Å². The van der Waals surface area contributed by atoms with Crippen LogP contribution in [-0.2, 0) is 0 Å². The van der Waals surface area contributed by atoms with Gasteiger partial charge in [-0.2, -0.15) is 0 Å². The van der Waals surface area contributed by atoms with Crippen LogP contribution in [0, 0.1) is 0 Å². The Kier molecular flexibility index (Phi) is 5.90. The number of anilines is 1. The van der Waals surface area contributed by atoms with E-state index in [1.807, 2.05) is 62.5 Å². The summed E-state index contributed by atoms with van der Waals surface area (Å²) >= 11 is 0. The van der Waals surface area contributed by atoms with Crippen LogP contribution in [-0.4, -0.2) is 25.9 Å². The van der Waals surface area contributed by atoms with Crippen molar-refractivity contribution in [2.75, 3.05) is 12.3 Å².